The average molecular weight is 536 g/mol. The molecule has 1 aliphatic rings. The van der Waals surface area contributed by atoms with Crippen LogP contribution in [0.5, 0.6) is 0 Å². The number of pyridine rings is 1. The number of fused-ring (bicyclic) bond motifs is 1. The minimum Gasteiger partial charge on any atom is -0.391 e. The standard InChI is InChI=1S/C27H23F2N5O3S/c1-14-24(15(2)37-32-14)16-8-9-33-22(10-16)31-25(26(33)27-30-12-18(13-35)38-27)21-4-3-5-23(36)34(21)17-6-7-19(28)20(29)11-17/h6-12,21,35H,3-5,13H2,1-2H3. The maximum absolute atomic E-state index is 14.2. The summed E-state index contributed by atoms with van der Waals surface area (Å²) in [7, 11) is 0. The van der Waals surface area contributed by atoms with Gasteiger partial charge in [0.2, 0.25) is 5.91 Å². The molecule has 4 aromatic heterocycles. The molecule has 0 radical (unpaired) electrons. The Hall–Kier alpha value is -3.96. The lowest BCUT2D eigenvalue weighted by Gasteiger charge is -2.35. The SMILES string of the molecule is Cc1noc(C)c1-c1ccn2c(-c3ncc(CO)s3)c(C3CCCC(=O)N3c3ccc(F)c(F)c3)nc2c1. The van der Waals surface area contributed by atoms with Crippen LogP contribution in [0.3, 0.4) is 0 Å². The Morgan fingerprint density at radius 1 is 1.18 bits per heavy atom. The van der Waals surface area contributed by atoms with Crippen LogP contribution < -0.4 is 4.90 Å². The molecule has 1 saturated heterocycles. The van der Waals surface area contributed by atoms with Crippen LogP contribution in [0.1, 0.15) is 47.3 Å². The number of amides is 1. The number of thiazole rings is 1. The normalized spacial score (nSPS) is 16.1. The van der Waals surface area contributed by atoms with Crippen LogP contribution >= 0.6 is 11.3 Å². The van der Waals surface area contributed by atoms with Gasteiger partial charge in [-0.25, -0.2) is 18.7 Å². The van der Waals surface area contributed by atoms with Crippen molar-refractivity contribution >= 4 is 28.6 Å². The van der Waals surface area contributed by atoms with Crippen LogP contribution in [0.25, 0.3) is 27.5 Å². The summed E-state index contributed by atoms with van der Waals surface area (Å²) in [4.78, 5) is 24.9. The molecule has 38 heavy (non-hydrogen) atoms. The highest BCUT2D eigenvalue weighted by Gasteiger charge is 2.36. The van der Waals surface area contributed by atoms with Crippen LogP contribution in [0.15, 0.2) is 47.2 Å². The molecule has 0 saturated carbocycles. The summed E-state index contributed by atoms with van der Waals surface area (Å²) in [5.41, 5.74) is 4.69. The highest BCUT2D eigenvalue weighted by molar-refractivity contribution is 7.15. The lowest BCUT2D eigenvalue weighted by Crippen LogP contribution is -2.38. The zero-order valence-electron chi connectivity index (χ0n) is 20.6. The minimum atomic E-state index is -1.02. The van der Waals surface area contributed by atoms with E-state index in [1.54, 1.807) is 6.20 Å². The van der Waals surface area contributed by atoms with Gasteiger partial charge in [0, 0.05) is 36.1 Å². The van der Waals surface area contributed by atoms with Gasteiger partial charge in [0.25, 0.3) is 0 Å². The summed E-state index contributed by atoms with van der Waals surface area (Å²) in [5, 5.41) is 14.3. The van der Waals surface area contributed by atoms with E-state index in [1.807, 2.05) is 36.6 Å². The van der Waals surface area contributed by atoms with Crippen molar-refractivity contribution in [3.8, 4) is 21.8 Å². The number of halogens is 2. The molecule has 1 aromatic carbocycles. The smallest absolute Gasteiger partial charge is 0.227 e. The van der Waals surface area contributed by atoms with Crippen molar-refractivity contribution in [3.05, 3.63) is 76.4 Å². The minimum absolute atomic E-state index is 0.150. The van der Waals surface area contributed by atoms with Crippen molar-refractivity contribution in [3.63, 3.8) is 0 Å². The molecule has 194 valence electrons. The molecule has 8 nitrogen and oxygen atoms in total. The predicted molar refractivity (Wildman–Crippen MR) is 138 cm³/mol. The van der Waals surface area contributed by atoms with E-state index >= 15 is 0 Å². The highest BCUT2D eigenvalue weighted by atomic mass is 32.1. The number of aromatic nitrogens is 4. The monoisotopic (exact) mass is 535 g/mol. The summed E-state index contributed by atoms with van der Waals surface area (Å²) in [6, 6.07) is 6.82. The van der Waals surface area contributed by atoms with Gasteiger partial charge in [0.1, 0.15) is 22.1 Å². The molecule has 0 aliphatic carbocycles. The summed E-state index contributed by atoms with van der Waals surface area (Å²) in [6.45, 7) is 3.57. The van der Waals surface area contributed by atoms with Crippen molar-refractivity contribution in [2.75, 3.05) is 4.90 Å². The second-order valence-electron chi connectivity index (χ2n) is 9.25. The van der Waals surface area contributed by atoms with E-state index in [2.05, 4.69) is 10.1 Å². The fraction of sp³-hybridized carbons (Fsp3) is 0.259. The molecule has 5 aromatic rings. The van der Waals surface area contributed by atoms with E-state index in [9.17, 15) is 18.7 Å². The zero-order chi connectivity index (χ0) is 26.6. The first kappa shape index (κ1) is 24.4. The first-order valence-electron chi connectivity index (χ1n) is 12.1. The Labute approximate surface area is 220 Å². The lowest BCUT2D eigenvalue weighted by molar-refractivity contribution is -0.120. The maximum atomic E-state index is 14.2. The number of carbonyl (C=O) groups is 1. The van der Waals surface area contributed by atoms with E-state index < -0.39 is 17.7 Å². The summed E-state index contributed by atoms with van der Waals surface area (Å²) < 4.78 is 35.2. The highest BCUT2D eigenvalue weighted by Crippen LogP contribution is 2.42. The first-order chi connectivity index (χ1) is 18.4. The van der Waals surface area contributed by atoms with Crippen molar-refractivity contribution < 1.29 is 23.2 Å². The lowest BCUT2D eigenvalue weighted by atomic mass is 9.96. The molecular formula is C27H23F2N5O3S. The molecule has 0 spiro atoms. The number of carbonyl (C=O) groups excluding carboxylic acids is 1. The van der Waals surface area contributed by atoms with Crippen LogP contribution in [0.4, 0.5) is 14.5 Å². The van der Waals surface area contributed by atoms with Crippen molar-refractivity contribution in [1.82, 2.24) is 19.5 Å². The fourth-order valence-electron chi connectivity index (χ4n) is 5.14. The Kier molecular flexibility index (Phi) is 6.04. The summed E-state index contributed by atoms with van der Waals surface area (Å²) in [6.07, 6.45) is 4.99. The third-order valence-corrected chi connectivity index (χ3v) is 7.82. The van der Waals surface area contributed by atoms with Gasteiger partial charge in [-0.15, -0.1) is 11.3 Å². The van der Waals surface area contributed by atoms with Crippen LogP contribution in [-0.2, 0) is 11.4 Å². The largest absolute Gasteiger partial charge is 0.391 e. The Balaban J connectivity index is 1.56. The van der Waals surface area contributed by atoms with Gasteiger partial charge in [-0.05, 0) is 56.5 Å². The topological polar surface area (TPSA) is 96.8 Å². The summed E-state index contributed by atoms with van der Waals surface area (Å²) >= 11 is 1.33. The van der Waals surface area contributed by atoms with Gasteiger partial charge >= 0.3 is 0 Å². The molecule has 1 atom stereocenters. The number of hydrogen-bond acceptors (Lipinski definition) is 7. The molecule has 1 unspecified atom stereocenters. The number of aliphatic hydroxyl groups is 1. The Bertz CT molecular complexity index is 1670. The Morgan fingerprint density at radius 3 is 2.74 bits per heavy atom. The maximum Gasteiger partial charge on any atom is 0.227 e. The molecular weight excluding hydrogens is 512 g/mol. The Morgan fingerprint density at radius 2 is 2.03 bits per heavy atom. The van der Waals surface area contributed by atoms with Gasteiger partial charge in [-0.3, -0.25) is 9.20 Å². The number of benzene rings is 1. The molecule has 1 aliphatic heterocycles. The van der Waals surface area contributed by atoms with E-state index in [-0.39, 0.29) is 18.2 Å². The number of anilines is 1. The average Bonchev–Trinajstić information content (AvgIpc) is 3.61. The molecule has 5 heterocycles. The molecule has 1 fully saturated rings. The predicted octanol–water partition coefficient (Wildman–Crippen LogP) is 5.76. The number of imidazole rings is 1. The van der Waals surface area contributed by atoms with Gasteiger partial charge in [-0.1, -0.05) is 5.16 Å². The number of hydrogen-bond donors (Lipinski definition) is 1. The second kappa shape index (κ2) is 9.41. The third-order valence-electron chi connectivity index (χ3n) is 6.83. The van der Waals surface area contributed by atoms with Crippen LogP contribution in [0, 0.1) is 25.5 Å². The molecule has 11 heteroatoms. The number of nitrogens with zero attached hydrogens (tertiary/aromatic N) is 5. The van der Waals surface area contributed by atoms with Gasteiger partial charge in [-0.2, -0.15) is 0 Å². The van der Waals surface area contributed by atoms with E-state index in [4.69, 9.17) is 9.51 Å². The van der Waals surface area contributed by atoms with Crippen molar-refractivity contribution in [2.24, 2.45) is 0 Å². The van der Waals surface area contributed by atoms with Gasteiger partial charge in [0.15, 0.2) is 11.6 Å². The van der Waals surface area contributed by atoms with Gasteiger partial charge in [0.05, 0.1) is 28.9 Å². The van der Waals surface area contributed by atoms with Gasteiger partial charge < -0.3 is 14.5 Å². The first-order valence-corrected chi connectivity index (χ1v) is 13.0. The van der Waals surface area contributed by atoms with Crippen molar-refractivity contribution in [2.45, 2.75) is 45.8 Å². The van der Waals surface area contributed by atoms with E-state index in [0.717, 1.165) is 29.0 Å². The fourth-order valence-corrected chi connectivity index (χ4v) is 5.96. The third kappa shape index (κ3) is 3.98. The number of aliphatic hydroxyl groups excluding tert-OH is 1. The number of aryl methyl sites for hydroxylation is 2. The van der Waals surface area contributed by atoms with Crippen molar-refractivity contribution in [1.29, 1.82) is 0 Å². The van der Waals surface area contributed by atoms with E-state index in [0.29, 0.717) is 51.9 Å². The second-order valence-corrected chi connectivity index (χ2v) is 10.4. The quantitative estimate of drug-likeness (QED) is 0.308. The molecule has 1 amide bonds. The van der Waals surface area contributed by atoms with E-state index in [1.165, 1.54) is 22.3 Å². The number of piperidine rings is 1. The van der Waals surface area contributed by atoms with Crippen LogP contribution in [0.2, 0.25) is 0 Å². The zero-order valence-corrected chi connectivity index (χ0v) is 21.4. The molecule has 1 N–H and O–H groups in total. The molecule has 6 rings (SSSR count). The summed E-state index contributed by atoms with van der Waals surface area (Å²) in [5.74, 6) is -1.50. The number of rotatable bonds is 5. The molecule has 0 bridgehead atoms. The van der Waals surface area contributed by atoms with Crippen LogP contribution in [-0.4, -0.2) is 30.5 Å².